The molecule has 5 aromatic heterocycles. The molecule has 0 saturated carbocycles. The molecule has 0 bridgehead atoms. The summed E-state index contributed by atoms with van der Waals surface area (Å²) in [7, 11) is 1.85. The number of pyridine rings is 2. The van der Waals surface area contributed by atoms with Crippen molar-refractivity contribution in [2.75, 3.05) is 6.54 Å². The molecule has 2 N–H and O–H groups in total. The normalized spacial score (nSPS) is 11.6. The molecular formula is C21H17F2N7O. The minimum absolute atomic E-state index is 0.187. The second kappa shape index (κ2) is 7.31. The highest BCUT2D eigenvalue weighted by molar-refractivity contribution is 5.96. The molecule has 1 amide bonds. The average Bonchev–Trinajstić information content (AvgIpc) is 3.48. The smallest absolute Gasteiger partial charge is 0.270 e. The van der Waals surface area contributed by atoms with Gasteiger partial charge >= 0.3 is 0 Å². The molecule has 5 heterocycles. The lowest BCUT2D eigenvalue weighted by molar-refractivity contribution is 0.0886. The molecule has 0 aliphatic rings. The van der Waals surface area contributed by atoms with E-state index in [-0.39, 0.29) is 5.69 Å². The van der Waals surface area contributed by atoms with Crippen molar-refractivity contribution in [1.29, 1.82) is 0 Å². The Balaban J connectivity index is 1.57. The van der Waals surface area contributed by atoms with Crippen LogP contribution in [-0.4, -0.2) is 48.0 Å². The number of nitrogens with one attached hydrogen (secondary N) is 2. The number of carbonyl (C=O) groups is 1. The maximum absolute atomic E-state index is 12.5. The van der Waals surface area contributed by atoms with Gasteiger partial charge < -0.3 is 10.3 Å². The third-order valence-corrected chi connectivity index (χ3v) is 5.04. The first-order chi connectivity index (χ1) is 15.0. The zero-order valence-corrected chi connectivity index (χ0v) is 16.4. The largest absolute Gasteiger partial charge is 0.346 e. The number of aromatic amines is 1. The minimum Gasteiger partial charge on any atom is -0.346 e. The van der Waals surface area contributed by atoms with E-state index in [4.69, 9.17) is 0 Å². The van der Waals surface area contributed by atoms with Gasteiger partial charge in [0.1, 0.15) is 17.0 Å². The van der Waals surface area contributed by atoms with E-state index in [0.717, 1.165) is 33.3 Å². The molecule has 0 spiro atoms. The molecule has 0 aromatic carbocycles. The monoisotopic (exact) mass is 421 g/mol. The fourth-order valence-corrected chi connectivity index (χ4v) is 3.54. The van der Waals surface area contributed by atoms with Gasteiger partial charge in [0.15, 0.2) is 0 Å². The van der Waals surface area contributed by atoms with Crippen LogP contribution < -0.4 is 5.32 Å². The van der Waals surface area contributed by atoms with Crippen molar-refractivity contribution in [2.24, 2.45) is 7.05 Å². The Kier molecular flexibility index (Phi) is 4.46. The Hall–Kier alpha value is -4.08. The summed E-state index contributed by atoms with van der Waals surface area (Å²) in [5, 5.41) is 7.33. The number of carbonyl (C=O) groups excluding carboxylic acids is 1. The van der Waals surface area contributed by atoms with E-state index in [1.54, 1.807) is 33.7 Å². The number of imidazole rings is 1. The molecule has 31 heavy (non-hydrogen) atoms. The number of fused-ring (bicyclic) bond motifs is 2. The van der Waals surface area contributed by atoms with E-state index in [1.807, 2.05) is 31.6 Å². The van der Waals surface area contributed by atoms with Crippen molar-refractivity contribution in [3.05, 3.63) is 61.1 Å². The standard InChI is InChI=1S/C21H17F2N7O/c1-29-10-14(6-28-29)13-4-15-16(7-26-20(15)25-5-13)12-2-3-19-24-8-17(30(19)11-12)21(31)27-9-18(22)23/h2-8,10-11,18H,9H2,1H3,(H,25,26)(H,27,31). The lowest BCUT2D eigenvalue weighted by atomic mass is 10.1. The summed E-state index contributed by atoms with van der Waals surface area (Å²) in [6.07, 6.45) is 7.83. The maximum atomic E-state index is 12.5. The fraction of sp³-hybridized carbons (Fsp3) is 0.143. The van der Waals surface area contributed by atoms with E-state index in [9.17, 15) is 13.6 Å². The summed E-state index contributed by atoms with van der Waals surface area (Å²) in [5.41, 5.74) is 5.05. The van der Waals surface area contributed by atoms with Crippen LogP contribution in [0.2, 0.25) is 0 Å². The lowest BCUT2D eigenvalue weighted by Gasteiger charge is -2.06. The highest BCUT2D eigenvalue weighted by Gasteiger charge is 2.16. The molecule has 0 aliphatic carbocycles. The SMILES string of the molecule is Cn1cc(-c2cnc3[nH]cc(-c4ccc5ncc(C(=O)NCC(F)F)n5c4)c3c2)cn1. The summed E-state index contributed by atoms with van der Waals surface area (Å²) in [6.45, 7) is -0.711. The number of aryl methyl sites for hydroxylation is 1. The Morgan fingerprint density at radius 2 is 2.00 bits per heavy atom. The van der Waals surface area contributed by atoms with Crippen LogP contribution in [0.1, 0.15) is 10.5 Å². The van der Waals surface area contributed by atoms with Gasteiger partial charge in [-0.1, -0.05) is 0 Å². The summed E-state index contributed by atoms with van der Waals surface area (Å²) >= 11 is 0. The second-order valence-electron chi connectivity index (χ2n) is 7.12. The number of rotatable bonds is 5. The Bertz CT molecular complexity index is 1420. The molecular weight excluding hydrogens is 404 g/mol. The van der Waals surface area contributed by atoms with Crippen molar-refractivity contribution >= 4 is 22.6 Å². The van der Waals surface area contributed by atoms with Crippen LogP contribution in [0.15, 0.2) is 55.4 Å². The highest BCUT2D eigenvalue weighted by Crippen LogP contribution is 2.31. The molecule has 156 valence electrons. The Labute approximate surface area is 174 Å². The number of halogens is 2. The molecule has 0 fully saturated rings. The first-order valence-corrected chi connectivity index (χ1v) is 9.49. The predicted octanol–water partition coefficient (Wildman–Crippen LogP) is 3.27. The van der Waals surface area contributed by atoms with Crippen LogP contribution in [-0.2, 0) is 7.05 Å². The van der Waals surface area contributed by atoms with Crippen LogP contribution in [0, 0.1) is 0 Å². The Morgan fingerprint density at radius 1 is 1.13 bits per heavy atom. The fourth-order valence-electron chi connectivity index (χ4n) is 3.54. The second-order valence-corrected chi connectivity index (χ2v) is 7.12. The number of hydrogen-bond donors (Lipinski definition) is 2. The molecule has 5 rings (SSSR count). The highest BCUT2D eigenvalue weighted by atomic mass is 19.3. The van der Waals surface area contributed by atoms with Gasteiger partial charge in [-0.15, -0.1) is 0 Å². The molecule has 10 heteroatoms. The van der Waals surface area contributed by atoms with Gasteiger partial charge in [-0.3, -0.25) is 13.9 Å². The van der Waals surface area contributed by atoms with Gasteiger partial charge in [0.25, 0.3) is 12.3 Å². The van der Waals surface area contributed by atoms with Crippen LogP contribution in [0.25, 0.3) is 38.9 Å². The number of amides is 1. The van der Waals surface area contributed by atoms with Crippen LogP contribution in [0.3, 0.4) is 0 Å². The van der Waals surface area contributed by atoms with Gasteiger partial charge in [-0.05, 0) is 18.2 Å². The van der Waals surface area contributed by atoms with Crippen LogP contribution >= 0.6 is 0 Å². The molecule has 0 unspecified atom stereocenters. The molecule has 0 atom stereocenters. The summed E-state index contributed by atoms with van der Waals surface area (Å²) < 4.78 is 28.2. The minimum atomic E-state index is -2.62. The quantitative estimate of drug-likeness (QED) is 0.456. The van der Waals surface area contributed by atoms with E-state index in [0.29, 0.717) is 5.65 Å². The van der Waals surface area contributed by atoms with Crippen molar-refractivity contribution < 1.29 is 13.6 Å². The number of nitrogens with zero attached hydrogens (tertiary/aromatic N) is 5. The third kappa shape index (κ3) is 3.41. The topological polar surface area (TPSA) is 92.9 Å². The van der Waals surface area contributed by atoms with Gasteiger partial charge in [-0.2, -0.15) is 5.10 Å². The van der Waals surface area contributed by atoms with Crippen molar-refractivity contribution in [1.82, 2.24) is 34.4 Å². The lowest BCUT2D eigenvalue weighted by Crippen LogP contribution is -2.29. The predicted molar refractivity (Wildman–Crippen MR) is 111 cm³/mol. The van der Waals surface area contributed by atoms with Crippen molar-refractivity contribution in [2.45, 2.75) is 6.43 Å². The molecule has 8 nitrogen and oxygen atoms in total. The molecule has 0 aliphatic heterocycles. The van der Waals surface area contributed by atoms with Crippen LogP contribution in [0.4, 0.5) is 8.78 Å². The number of alkyl halides is 2. The zero-order valence-electron chi connectivity index (χ0n) is 16.4. The molecule has 0 saturated heterocycles. The van der Waals surface area contributed by atoms with Gasteiger partial charge in [-0.25, -0.2) is 18.7 Å². The number of hydrogen-bond acceptors (Lipinski definition) is 4. The van der Waals surface area contributed by atoms with Gasteiger partial charge in [0.05, 0.1) is 18.9 Å². The number of H-pyrrole nitrogens is 1. The molecule has 0 radical (unpaired) electrons. The average molecular weight is 421 g/mol. The first kappa shape index (κ1) is 18.9. The first-order valence-electron chi connectivity index (χ1n) is 9.49. The summed E-state index contributed by atoms with van der Waals surface area (Å²) in [5.74, 6) is -0.607. The maximum Gasteiger partial charge on any atom is 0.270 e. The zero-order chi connectivity index (χ0) is 21.5. The van der Waals surface area contributed by atoms with Crippen molar-refractivity contribution in [3.63, 3.8) is 0 Å². The Morgan fingerprint density at radius 3 is 2.77 bits per heavy atom. The van der Waals surface area contributed by atoms with Crippen molar-refractivity contribution in [3.8, 4) is 22.3 Å². The van der Waals surface area contributed by atoms with Gasteiger partial charge in [0.2, 0.25) is 0 Å². The summed E-state index contributed by atoms with van der Waals surface area (Å²) in [6, 6.07) is 5.69. The van der Waals surface area contributed by atoms with E-state index in [1.165, 1.54) is 6.20 Å². The van der Waals surface area contributed by atoms with E-state index >= 15 is 0 Å². The van der Waals surface area contributed by atoms with E-state index < -0.39 is 18.9 Å². The molecule has 5 aromatic rings. The van der Waals surface area contributed by atoms with Crippen LogP contribution in [0.5, 0.6) is 0 Å². The third-order valence-electron chi connectivity index (χ3n) is 5.04. The van der Waals surface area contributed by atoms with Gasteiger partial charge in [0, 0.05) is 59.5 Å². The van der Waals surface area contributed by atoms with E-state index in [2.05, 4.69) is 25.4 Å². The summed E-state index contributed by atoms with van der Waals surface area (Å²) in [4.78, 5) is 24.2. The number of aromatic nitrogens is 6.